The summed E-state index contributed by atoms with van der Waals surface area (Å²) in [6, 6.07) is 10.6. The van der Waals surface area contributed by atoms with Gasteiger partial charge in [0.25, 0.3) is 0 Å². The molecule has 1 aliphatic rings. The van der Waals surface area contributed by atoms with E-state index in [2.05, 4.69) is 26.1 Å². The summed E-state index contributed by atoms with van der Waals surface area (Å²) < 4.78 is 27.9. The van der Waals surface area contributed by atoms with Gasteiger partial charge in [-0.15, -0.1) is 6.42 Å². The molecule has 0 atom stereocenters. The van der Waals surface area contributed by atoms with E-state index in [1.54, 1.807) is 12.1 Å². The molecule has 0 unspecified atom stereocenters. The number of aromatic nitrogens is 2. The second kappa shape index (κ2) is 10.8. The van der Waals surface area contributed by atoms with E-state index in [0.29, 0.717) is 27.8 Å². The number of benzene rings is 2. The van der Waals surface area contributed by atoms with E-state index >= 15 is 0 Å². The summed E-state index contributed by atoms with van der Waals surface area (Å²) in [4.78, 5) is 23.7. The van der Waals surface area contributed by atoms with Crippen molar-refractivity contribution in [1.29, 1.82) is 0 Å². The maximum Gasteiger partial charge on any atom is 0.159 e. The molecule has 1 N–H and O–H groups in total. The number of ether oxygens (including phenoxy) is 1. The molecule has 2 aromatic carbocycles. The Labute approximate surface area is 198 Å². The number of rotatable bonds is 8. The number of piperidine rings is 1. The first-order valence-electron chi connectivity index (χ1n) is 12.5. The fourth-order valence-corrected chi connectivity index (χ4v) is 4.01. The van der Waals surface area contributed by atoms with Crippen molar-refractivity contribution in [2.24, 2.45) is 0 Å². The van der Waals surface area contributed by atoms with E-state index in [-0.39, 0.29) is 18.0 Å². The molecule has 1 fully saturated rings. The number of carbonyl (C=O) groups excluding carboxylic acids is 1. The highest BCUT2D eigenvalue weighted by atomic mass is 16.5. The van der Waals surface area contributed by atoms with E-state index in [1.807, 2.05) is 30.3 Å². The van der Waals surface area contributed by atoms with Gasteiger partial charge in [0, 0.05) is 41.2 Å². The predicted molar refractivity (Wildman–Crippen MR) is 132 cm³/mol. The first-order chi connectivity index (χ1) is 17.3. The minimum Gasteiger partial charge on any atom is -0.496 e. The molecule has 0 amide bonds. The number of likely N-dealkylation sites (tertiary alicyclic amines) is 1. The third kappa shape index (κ3) is 5.76. The van der Waals surface area contributed by atoms with Gasteiger partial charge < -0.3 is 10.1 Å². The minimum absolute atomic E-state index is 0.0151. The molecule has 0 spiro atoms. The molecular weight excluding hydrogens is 412 g/mol. The molecular formula is C27H28N4O2. The van der Waals surface area contributed by atoms with Gasteiger partial charge in [0.1, 0.15) is 17.9 Å². The van der Waals surface area contributed by atoms with Crippen LogP contribution in [0.15, 0.2) is 54.9 Å². The molecule has 1 saturated heterocycles. The predicted octanol–water partition coefficient (Wildman–Crippen LogP) is 4.52. The lowest BCUT2D eigenvalue weighted by Crippen LogP contribution is -2.29. The standard InChI is InChI=1S/C27H28N4O2/c1-3-20-9-7-10-22(15-20)30-27-24-17-21(26(33-2)18-25(24)28-19-29-27)16-23(32)11-8-14-31-12-5-4-6-13-31/h1,7-11,15,17-19H,4-6,12-14,16H2,2H3,(H,28,29,30)/b11-8+/i2D3. The lowest BCUT2D eigenvalue weighted by Gasteiger charge is -2.24. The lowest BCUT2D eigenvalue weighted by molar-refractivity contribution is -0.114. The van der Waals surface area contributed by atoms with Gasteiger partial charge in [0.2, 0.25) is 0 Å². The minimum atomic E-state index is -2.67. The summed E-state index contributed by atoms with van der Waals surface area (Å²) in [7, 11) is -2.67. The Balaban J connectivity index is 1.62. The first kappa shape index (κ1) is 18.8. The highest BCUT2D eigenvalue weighted by Crippen LogP contribution is 2.30. The maximum absolute atomic E-state index is 12.8. The molecule has 6 nitrogen and oxygen atoms in total. The average Bonchev–Trinajstić information content (AvgIpc) is 2.85. The summed E-state index contributed by atoms with van der Waals surface area (Å²) >= 11 is 0. The zero-order valence-electron chi connectivity index (χ0n) is 21.4. The van der Waals surface area contributed by atoms with E-state index in [1.165, 1.54) is 31.7 Å². The van der Waals surface area contributed by atoms with Gasteiger partial charge in [-0.1, -0.05) is 24.5 Å². The van der Waals surface area contributed by atoms with Gasteiger partial charge in [-0.2, -0.15) is 0 Å². The zero-order chi connectivity index (χ0) is 25.5. The largest absolute Gasteiger partial charge is 0.496 e. The molecule has 3 aromatic rings. The van der Waals surface area contributed by atoms with Gasteiger partial charge in [0.15, 0.2) is 5.78 Å². The molecule has 33 heavy (non-hydrogen) atoms. The number of hydrogen-bond acceptors (Lipinski definition) is 6. The summed E-state index contributed by atoms with van der Waals surface area (Å²) in [5, 5.41) is 3.86. The lowest BCUT2D eigenvalue weighted by atomic mass is 10.0. The van der Waals surface area contributed by atoms with Crippen molar-refractivity contribution in [3.63, 3.8) is 0 Å². The second-order valence-electron chi connectivity index (χ2n) is 8.06. The van der Waals surface area contributed by atoms with E-state index in [4.69, 9.17) is 15.3 Å². The first-order valence-corrected chi connectivity index (χ1v) is 11.0. The van der Waals surface area contributed by atoms with Crippen molar-refractivity contribution in [1.82, 2.24) is 14.9 Å². The molecule has 0 radical (unpaired) electrons. The van der Waals surface area contributed by atoms with Crippen LogP contribution >= 0.6 is 0 Å². The fraction of sp³-hybridized carbons (Fsp3) is 0.296. The molecule has 168 valence electrons. The van der Waals surface area contributed by atoms with Crippen molar-refractivity contribution in [3.8, 4) is 18.1 Å². The average molecular weight is 444 g/mol. The Kier molecular flexibility index (Phi) is 6.14. The summed E-state index contributed by atoms with van der Waals surface area (Å²) in [6.07, 6.45) is 13.9. The Morgan fingerprint density at radius 1 is 1.27 bits per heavy atom. The van der Waals surface area contributed by atoms with Gasteiger partial charge >= 0.3 is 0 Å². The highest BCUT2D eigenvalue weighted by Gasteiger charge is 2.13. The normalized spacial score (nSPS) is 16.0. The van der Waals surface area contributed by atoms with Crippen molar-refractivity contribution >= 4 is 28.2 Å². The van der Waals surface area contributed by atoms with Gasteiger partial charge in [-0.3, -0.25) is 9.69 Å². The van der Waals surface area contributed by atoms with Gasteiger partial charge in [-0.25, -0.2) is 9.97 Å². The number of methoxy groups -OCH3 is 1. The van der Waals surface area contributed by atoms with Crippen LogP contribution in [-0.2, 0) is 11.2 Å². The molecule has 1 aliphatic heterocycles. The molecule has 1 aromatic heterocycles. The highest BCUT2D eigenvalue weighted by molar-refractivity contribution is 5.96. The van der Waals surface area contributed by atoms with E-state index in [9.17, 15) is 4.79 Å². The summed E-state index contributed by atoms with van der Waals surface area (Å²) in [5.74, 6) is 3.05. The van der Waals surface area contributed by atoms with Gasteiger partial charge in [0.05, 0.1) is 16.7 Å². The van der Waals surface area contributed by atoms with E-state index < -0.39 is 7.04 Å². The summed E-state index contributed by atoms with van der Waals surface area (Å²) in [6.45, 7) is 2.81. The zero-order valence-corrected chi connectivity index (χ0v) is 18.4. The third-order valence-corrected chi connectivity index (χ3v) is 5.70. The topological polar surface area (TPSA) is 67.4 Å². The number of terminal acetylenes is 1. The SMILES string of the molecule is [2H]C([2H])([2H])Oc1cc2ncnc(Nc3cccc(C#C)c3)c2cc1CC(=O)/C=C/CN1CCCCC1. The summed E-state index contributed by atoms with van der Waals surface area (Å²) in [5.41, 5.74) is 2.39. The van der Waals surface area contributed by atoms with Crippen LogP contribution in [0.1, 0.15) is 34.5 Å². The van der Waals surface area contributed by atoms with Crippen LogP contribution in [0, 0.1) is 12.3 Å². The van der Waals surface area contributed by atoms with Crippen molar-refractivity contribution in [2.75, 3.05) is 32.0 Å². The van der Waals surface area contributed by atoms with Crippen LogP contribution in [0.3, 0.4) is 0 Å². The number of anilines is 2. The van der Waals surface area contributed by atoms with Crippen LogP contribution in [0.25, 0.3) is 10.9 Å². The number of nitrogens with zero attached hydrogens (tertiary/aromatic N) is 3. The second-order valence-corrected chi connectivity index (χ2v) is 8.06. The molecule has 6 heteroatoms. The monoisotopic (exact) mass is 443 g/mol. The third-order valence-electron chi connectivity index (χ3n) is 5.70. The Morgan fingerprint density at radius 3 is 2.97 bits per heavy atom. The van der Waals surface area contributed by atoms with Crippen LogP contribution < -0.4 is 10.1 Å². The molecule has 0 saturated carbocycles. The quantitative estimate of drug-likeness (QED) is 0.408. The number of fused-ring (bicyclic) bond motifs is 1. The van der Waals surface area contributed by atoms with Crippen molar-refractivity contribution in [3.05, 3.63) is 66.0 Å². The van der Waals surface area contributed by atoms with Crippen molar-refractivity contribution in [2.45, 2.75) is 25.7 Å². The number of allylic oxidation sites excluding steroid dienone is 1. The number of nitrogens with one attached hydrogen (secondary N) is 1. The number of hydrogen-bond donors (Lipinski definition) is 1. The smallest absolute Gasteiger partial charge is 0.159 e. The van der Waals surface area contributed by atoms with Gasteiger partial charge in [-0.05, 0) is 56.3 Å². The van der Waals surface area contributed by atoms with Crippen LogP contribution in [0.5, 0.6) is 5.75 Å². The molecule has 0 bridgehead atoms. The van der Waals surface area contributed by atoms with E-state index in [0.717, 1.165) is 25.3 Å². The Hall–Kier alpha value is -3.69. The molecule has 2 heterocycles. The maximum atomic E-state index is 12.8. The Morgan fingerprint density at radius 2 is 2.15 bits per heavy atom. The number of carbonyl (C=O) groups is 1. The van der Waals surface area contributed by atoms with Crippen LogP contribution in [0.4, 0.5) is 11.5 Å². The number of ketones is 1. The Bertz CT molecular complexity index is 1310. The molecule has 0 aliphatic carbocycles. The van der Waals surface area contributed by atoms with Crippen LogP contribution in [0.2, 0.25) is 0 Å². The molecule has 4 rings (SSSR count). The van der Waals surface area contributed by atoms with Crippen LogP contribution in [-0.4, -0.2) is 47.3 Å². The fourth-order valence-electron chi connectivity index (χ4n) is 4.01. The van der Waals surface area contributed by atoms with Crippen molar-refractivity contribution < 1.29 is 13.6 Å².